The third-order valence-electron chi connectivity index (χ3n) is 3.13. The van der Waals surface area contributed by atoms with Crippen LogP contribution in [0.15, 0.2) is 11.4 Å². The van der Waals surface area contributed by atoms with Gasteiger partial charge in [-0.25, -0.2) is 0 Å². The Morgan fingerprint density at radius 3 is 3.33 bits per heavy atom. The Morgan fingerprint density at radius 2 is 2.53 bits per heavy atom. The summed E-state index contributed by atoms with van der Waals surface area (Å²) in [6.45, 7) is 3.47. The van der Waals surface area contributed by atoms with Crippen molar-refractivity contribution in [2.45, 2.75) is 38.1 Å². The molecule has 2 N–H and O–H groups in total. The molecule has 1 heterocycles. The van der Waals surface area contributed by atoms with Crippen molar-refractivity contribution >= 4 is 11.3 Å². The van der Waals surface area contributed by atoms with E-state index >= 15 is 0 Å². The van der Waals surface area contributed by atoms with Crippen LogP contribution in [0.5, 0.6) is 0 Å². The summed E-state index contributed by atoms with van der Waals surface area (Å²) in [5.74, 6) is 0.520. The molecule has 0 radical (unpaired) electrons. The van der Waals surface area contributed by atoms with E-state index in [4.69, 9.17) is 10.5 Å². The van der Waals surface area contributed by atoms with E-state index in [1.54, 1.807) is 0 Å². The zero-order chi connectivity index (χ0) is 10.7. The average Bonchev–Trinajstić information content (AvgIpc) is 2.73. The van der Waals surface area contributed by atoms with Crippen LogP contribution in [0.3, 0.4) is 0 Å². The first-order chi connectivity index (χ1) is 7.33. The molecular formula is C12H19NOS. The summed E-state index contributed by atoms with van der Waals surface area (Å²) in [5.41, 5.74) is 7.67. The standard InChI is InChI=1S/C12H19NOS/c1-2-14-8-11(13)9-4-3-5-12-10(9)6-7-15-12/h6-7,9,11H,2-5,8,13H2,1H3. The molecule has 1 aromatic rings. The third kappa shape index (κ3) is 2.41. The first kappa shape index (κ1) is 11.1. The maximum absolute atomic E-state index is 6.19. The van der Waals surface area contributed by atoms with Crippen molar-refractivity contribution in [3.63, 3.8) is 0 Å². The van der Waals surface area contributed by atoms with E-state index in [2.05, 4.69) is 11.4 Å². The molecule has 0 spiro atoms. The molecule has 0 aromatic carbocycles. The molecule has 1 aliphatic carbocycles. The smallest absolute Gasteiger partial charge is 0.0623 e. The normalized spacial score (nSPS) is 22.4. The minimum atomic E-state index is 0.165. The third-order valence-corrected chi connectivity index (χ3v) is 4.13. The SMILES string of the molecule is CCOCC(N)C1CCCc2sccc21. The van der Waals surface area contributed by atoms with Crippen LogP contribution >= 0.6 is 11.3 Å². The van der Waals surface area contributed by atoms with Gasteiger partial charge in [0.25, 0.3) is 0 Å². The van der Waals surface area contributed by atoms with Gasteiger partial charge in [-0.2, -0.15) is 0 Å². The van der Waals surface area contributed by atoms with Crippen LogP contribution in [0.1, 0.15) is 36.1 Å². The lowest BCUT2D eigenvalue weighted by atomic mass is 9.83. The first-order valence-electron chi connectivity index (χ1n) is 5.72. The molecule has 0 amide bonds. The van der Waals surface area contributed by atoms with E-state index < -0.39 is 0 Å². The summed E-state index contributed by atoms with van der Waals surface area (Å²) in [6.07, 6.45) is 3.74. The maximum Gasteiger partial charge on any atom is 0.0623 e. The van der Waals surface area contributed by atoms with Gasteiger partial charge >= 0.3 is 0 Å². The predicted molar refractivity (Wildman–Crippen MR) is 64.5 cm³/mol. The van der Waals surface area contributed by atoms with Gasteiger partial charge in [0.1, 0.15) is 0 Å². The Kier molecular flexibility index (Phi) is 3.78. The highest BCUT2D eigenvalue weighted by Gasteiger charge is 2.26. The van der Waals surface area contributed by atoms with E-state index in [0.29, 0.717) is 12.5 Å². The quantitative estimate of drug-likeness (QED) is 0.854. The summed E-state index contributed by atoms with van der Waals surface area (Å²) >= 11 is 1.87. The largest absolute Gasteiger partial charge is 0.380 e. The first-order valence-corrected chi connectivity index (χ1v) is 6.60. The Hall–Kier alpha value is -0.380. The fourth-order valence-electron chi connectivity index (χ4n) is 2.34. The summed E-state index contributed by atoms with van der Waals surface area (Å²) in [5, 5.41) is 2.19. The number of ether oxygens (including phenoxy) is 1. The Morgan fingerprint density at radius 1 is 1.67 bits per heavy atom. The lowest BCUT2D eigenvalue weighted by Gasteiger charge is -2.27. The van der Waals surface area contributed by atoms with Gasteiger partial charge < -0.3 is 10.5 Å². The second-order valence-electron chi connectivity index (χ2n) is 4.12. The van der Waals surface area contributed by atoms with E-state index in [0.717, 1.165) is 6.61 Å². The molecular weight excluding hydrogens is 206 g/mol. The molecule has 0 fully saturated rings. The summed E-state index contributed by atoms with van der Waals surface area (Å²) in [4.78, 5) is 1.54. The fourth-order valence-corrected chi connectivity index (χ4v) is 3.33. The molecule has 2 rings (SSSR count). The van der Waals surface area contributed by atoms with Crippen molar-refractivity contribution in [1.82, 2.24) is 0 Å². The number of fused-ring (bicyclic) bond motifs is 1. The van der Waals surface area contributed by atoms with Crippen LogP contribution < -0.4 is 5.73 Å². The zero-order valence-electron chi connectivity index (χ0n) is 9.24. The molecule has 2 unspecified atom stereocenters. The van der Waals surface area contributed by atoms with Gasteiger partial charge in [0.2, 0.25) is 0 Å². The van der Waals surface area contributed by atoms with E-state index in [1.165, 1.54) is 29.7 Å². The van der Waals surface area contributed by atoms with Crippen LogP contribution in [-0.2, 0) is 11.2 Å². The van der Waals surface area contributed by atoms with Gasteiger partial charge in [-0.3, -0.25) is 0 Å². The Bertz CT molecular complexity index is 310. The van der Waals surface area contributed by atoms with Gasteiger partial charge in [0.05, 0.1) is 6.61 Å². The second-order valence-corrected chi connectivity index (χ2v) is 5.12. The van der Waals surface area contributed by atoms with Crippen LogP contribution in [0.2, 0.25) is 0 Å². The summed E-state index contributed by atoms with van der Waals surface area (Å²) in [7, 11) is 0. The minimum absolute atomic E-state index is 0.165. The molecule has 15 heavy (non-hydrogen) atoms. The molecule has 84 valence electrons. The van der Waals surface area contributed by atoms with Gasteiger partial charge in [-0.15, -0.1) is 11.3 Å². The van der Waals surface area contributed by atoms with Gasteiger partial charge in [0, 0.05) is 23.4 Å². The monoisotopic (exact) mass is 225 g/mol. The number of thiophene rings is 1. The number of aryl methyl sites for hydroxylation is 1. The predicted octanol–water partition coefficient (Wildman–Crippen LogP) is 2.53. The van der Waals surface area contributed by atoms with E-state index in [-0.39, 0.29) is 6.04 Å². The molecule has 0 saturated carbocycles. The average molecular weight is 225 g/mol. The highest BCUT2D eigenvalue weighted by molar-refractivity contribution is 7.10. The molecule has 1 aliphatic rings. The molecule has 1 aromatic heterocycles. The van der Waals surface area contributed by atoms with E-state index in [1.807, 2.05) is 18.3 Å². The fraction of sp³-hybridized carbons (Fsp3) is 0.667. The Labute approximate surface area is 95.4 Å². The van der Waals surface area contributed by atoms with Crippen molar-refractivity contribution in [3.05, 3.63) is 21.9 Å². The topological polar surface area (TPSA) is 35.2 Å². The van der Waals surface area contributed by atoms with Gasteiger partial charge in [0.15, 0.2) is 0 Å². The molecule has 3 heteroatoms. The summed E-state index contributed by atoms with van der Waals surface area (Å²) < 4.78 is 5.42. The molecule has 0 bridgehead atoms. The lowest BCUT2D eigenvalue weighted by Crippen LogP contribution is -2.34. The second kappa shape index (κ2) is 5.10. The van der Waals surface area contributed by atoms with Crippen LogP contribution in [0, 0.1) is 0 Å². The van der Waals surface area contributed by atoms with Gasteiger partial charge in [-0.1, -0.05) is 0 Å². The number of rotatable bonds is 4. The minimum Gasteiger partial charge on any atom is -0.380 e. The van der Waals surface area contributed by atoms with Crippen molar-refractivity contribution in [2.75, 3.05) is 13.2 Å². The van der Waals surface area contributed by atoms with Crippen molar-refractivity contribution in [2.24, 2.45) is 5.73 Å². The number of nitrogens with two attached hydrogens (primary N) is 1. The molecule has 2 nitrogen and oxygen atoms in total. The Balaban J connectivity index is 2.05. The number of hydrogen-bond donors (Lipinski definition) is 1. The van der Waals surface area contributed by atoms with Crippen molar-refractivity contribution in [3.8, 4) is 0 Å². The lowest BCUT2D eigenvalue weighted by molar-refractivity contribution is 0.124. The van der Waals surface area contributed by atoms with E-state index in [9.17, 15) is 0 Å². The molecule has 0 saturated heterocycles. The maximum atomic E-state index is 6.19. The highest BCUT2D eigenvalue weighted by atomic mass is 32.1. The highest BCUT2D eigenvalue weighted by Crippen LogP contribution is 2.36. The van der Waals surface area contributed by atoms with Crippen molar-refractivity contribution in [1.29, 1.82) is 0 Å². The van der Waals surface area contributed by atoms with Crippen molar-refractivity contribution < 1.29 is 4.74 Å². The van der Waals surface area contributed by atoms with Gasteiger partial charge in [-0.05, 0) is 43.2 Å². The molecule has 0 aliphatic heterocycles. The number of hydrogen-bond acceptors (Lipinski definition) is 3. The summed E-state index contributed by atoms with van der Waals surface area (Å²) in [6, 6.07) is 2.41. The van der Waals surface area contributed by atoms with Crippen LogP contribution in [0.4, 0.5) is 0 Å². The van der Waals surface area contributed by atoms with Crippen LogP contribution in [-0.4, -0.2) is 19.3 Å². The van der Waals surface area contributed by atoms with Crippen LogP contribution in [0.25, 0.3) is 0 Å². The molecule has 2 atom stereocenters. The zero-order valence-corrected chi connectivity index (χ0v) is 10.1.